The second-order valence-corrected chi connectivity index (χ2v) is 6.10. The zero-order valence-electron chi connectivity index (χ0n) is 10.5. The van der Waals surface area contributed by atoms with Crippen molar-refractivity contribution in [3.63, 3.8) is 0 Å². The van der Waals surface area contributed by atoms with Crippen LogP contribution in [0.4, 0.5) is 0 Å². The first-order valence-corrected chi connectivity index (χ1v) is 6.73. The fourth-order valence-electron chi connectivity index (χ4n) is 4.48. The number of hydrazine groups is 1. The summed E-state index contributed by atoms with van der Waals surface area (Å²) in [5, 5.41) is 2.28. The Balaban J connectivity index is 0.000000963. The zero-order valence-corrected chi connectivity index (χ0v) is 11.3. The average Bonchev–Trinajstić information content (AvgIpc) is 2.22. The Kier molecular flexibility index (Phi) is 3.82. The van der Waals surface area contributed by atoms with Crippen LogP contribution < -0.4 is 5.43 Å². The van der Waals surface area contributed by atoms with E-state index in [1.807, 2.05) is 0 Å². The molecule has 2 nitrogen and oxygen atoms in total. The second kappa shape index (κ2) is 4.83. The van der Waals surface area contributed by atoms with Crippen molar-refractivity contribution >= 4 is 12.4 Å². The summed E-state index contributed by atoms with van der Waals surface area (Å²) in [6.45, 7) is 3.34. The Hall–Kier alpha value is 0.210. The highest BCUT2D eigenvalue weighted by atomic mass is 35.5. The summed E-state index contributed by atoms with van der Waals surface area (Å²) in [5.74, 6) is 4.18. The van der Waals surface area contributed by atoms with Gasteiger partial charge in [0.25, 0.3) is 0 Å². The van der Waals surface area contributed by atoms with E-state index in [-0.39, 0.29) is 12.4 Å². The molecule has 0 unspecified atom stereocenters. The number of rotatable bonds is 3. The molecule has 0 heterocycles. The lowest BCUT2D eigenvalue weighted by Crippen LogP contribution is -2.58. The van der Waals surface area contributed by atoms with E-state index in [1.54, 1.807) is 6.42 Å². The largest absolute Gasteiger partial charge is 0.252 e. The van der Waals surface area contributed by atoms with Crippen LogP contribution in [0.25, 0.3) is 0 Å². The zero-order chi connectivity index (χ0) is 10.4. The third-order valence-electron chi connectivity index (χ3n) is 5.07. The SMILES string of the molecule is CCN(C)NC1C2CC3CC(C2)CC1C3.Cl. The molecule has 0 aromatic rings. The van der Waals surface area contributed by atoms with Gasteiger partial charge in [-0.15, -0.1) is 12.4 Å². The molecule has 4 aliphatic rings. The molecule has 4 saturated carbocycles. The Labute approximate surface area is 106 Å². The van der Waals surface area contributed by atoms with E-state index in [4.69, 9.17) is 0 Å². The third-order valence-corrected chi connectivity index (χ3v) is 5.07. The fourth-order valence-corrected chi connectivity index (χ4v) is 4.48. The van der Waals surface area contributed by atoms with Crippen molar-refractivity contribution in [3.05, 3.63) is 0 Å². The predicted octanol–water partition coefficient (Wildman–Crippen LogP) is 2.69. The molecule has 0 atom stereocenters. The molecule has 0 aromatic heterocycles. The molecule has 1 N–H and O–H groups in total. The smallest absolute Gasteiger partial charge is 0.0272 e. The van der Waals surface area contributed by atoms with E-state index >= 15 is 0 Å². The van der Waals surface area contributed by atoms with Crippen LogP contribution in [0.3, 0.4) is 0 Å². The Morgan fingerprint density at radius 2 is 1.50 bits per heavy atom. The van der Waals surface area contributed by atoms with E-state index in [1.165, 1.54) is 25.7 Å². The topological polar surface area (TPSA) is 15.3 Å². The standard InChI is InChI=1S/C13H24N2.ClH/c1-3-15(2)14-13-11-5-9-4-10(7-11)8-12(13)6-9;/h9-14H,3-8H2,1-2H3;1H. The minimum atomic E-state index is 0. The van der Waals surface area contributed by atoms with Crippen molar-refractivity contribution in [1.82, 2.24) is 10.4 Å². The molecule has 4 fully saturated rings. The molecule has 16 heavy (non-hydrogen) atoms. The first-order chi connectivity index (χ1) is 7.26. The Bertz CT molecular complexity index is 216. The van der Waals surface area contributed by atoms with Gasteiger partial charge in [0, 0.05) is 19.6 Å². The number of hydrogen-bond acceptors (Lipinski definition) is 2. The quantitative estimate of drug-likeness (QED) is 0.768. The minimum Gasteiger partial charge on any atom is -0.252 e. The number of halogens is 1. The highest BCUT2D eigenvalue weighted by Crippen LogP contribution is 2.53. The number of nitrogens with one attached hydrogen (secondary N) is 1. The normalized spacial score (nSPS) is 44.8. The molecule has 3 heteroatoms. The van der Waals surface area contributed by atoms with Gasteiger partial charge in [0.1, 0.15) is 0 Å². The van der Waals surface area contributed by atoms with Crippen LogP contribution in [0.15, 0.2) is 0 Å². The van der Waals surface area contributed by atoms with Gasteiger partial charge >= 0.3 is 0 Å². The third kappa shape index (κ3) is 2.12. The molecule has 0 saturated heterocycles. The van der Waals surface area contributed by atoms with Crippen molar-refractivity contribution in [3.8, 4) is 0 Å². The molecule has 4 rings (SSSR count). The van der Waals surface area contributed by atoms with Crippen LogP contribution in [0.1, 0.15) is 39.0 Å². The van der Waals surface area contributed by atoms with Crippen molar-refractivity contribution in [1.29, 1.82) is 0 Å². The summed E-state index contributed by atoms with van der Waals surface area (Å²) >= 11 is 0. The molecule has 0 radical (unpaired) electrons. The van der Waals surface area contributed by atoms with Gasteiger partial charge in [0.05, 0.1) is 0 Å². The van der Waals surface area contributed by atoms with E-state index in [0.29, 0.717) is 0 Å². The van der Waals surface area contributed by atoms with Crippen LogP contribution >= 0.6 is 12.4 Å². The summed E-state index contributed by atoms with van der Waals surface area (Å²) < 4.78 is 0. The van der Waals surface area contributed by atoms with Gasteiger partial charge in [-0.1, -0.05) is 6.92 Å². The van der Waals surface area contributed by atoms with Crippen molar-refractivity contribution in [2.75, 3.05) is 13.6 Å². The minimum absolute atomic E-state index is 0. The number of hydrogen-bond donors (Lipinski definition) is 1. The Morgan fingerprint density at radius 3 is 1.94 bits per heavy atom. The van der Waals surface area contributed by atoms with Crippen LogP contribution in [0.2, 0.25) is 0 Å². The van der Waals surface area contributed by atoms with Gasteiger partial charge in [-0.3, -0.25) is 5.43 Å². The van der Waals surface area contributed by atoms with E-state index < -0.39 is 0 Å². The summed E-state index contributed by atoms with van der Waals surface area (Å²) in [4.78, 5) is 0. The lowest BCUT2D eigenvalue weighted by Gasteiger charge is -2.55. The van der Waals surface area contributed by atoms with Crippen molar-refractivity contribution in [2.45, 2.75) is 45.1 Å². The molecule has 94 valence electrons. The molecular weight excluding hydrogens is 220 g/mol. The molecule has 0 aromatic carbocycles. The predicted molar refractivity (Wildman–Crippen MR) is 69.5 cm³/mol. The van der Waals surface area contributed by atoms with Crippen LogP contribution in [0, 0.1) is 23.7 Å². The summed E-state index contributed by atoms with van der Waals surface area (Å²) in [7, 11) is 2.19. The summed E-state index contributed by atoms with van der Waals surface area (Å²) in [6.07, 6.45) is 7.62. The van der Waals surface area contributed by atoms with Gasteiger partial charge in [0.15, 0.2) is 0 Å². The van der Waals surface area contributed by atoms with Crippen LogP contribution in [-0.4, -0.2) is 24.6 Å². The number of nitrogens with zero attached hydrogens (tertiary/aromatic N) is 1. The maximum atomic E-state index is 3.74. The van der Waals surface area contributed by atoms with Crippen LogP contribution in [0.5, 0.6) is 0 Å². The van der Waals surface area contributed by atoms with Gasteiger partial charge in [0.2, 0.25) is 0 Å². The van der Waals surface area contributed by atoms with Gasteiger partial charge in [-0.2, -0.15) is 0 Å². The highest BCUT2D eigenvalue weighted by Gasteiger charge is 2.48. The molecule has 4 bridgehead atoms. The van der Waals surface area contributed by atoms with Crippen molar-refractivity contribution in [2.24, 2.45) is 23.7 Å². The molecular formula is C13H25ClN2. The van der Waals surface area contributed by atoms with Gasteiger partial charge in [-0.25, -0.2) is 5.01 Å². The summed E-state index contributed by atoms with van der Waals surface area (Å²) in [6, 6.07) is 0.808. The maximum absolute atomic E-state index is 3.74. The Morgan fingerprint density at radius 1 is 1.00 bits per heavy atom. The molecule has 0 amide bonds. The monoisotopic (exact) mass is 244 g/mol. The molecule has 0 spiro atoms. The van der Waals surface area contributed by atoms with E-state index in [9.17, 15) is 0 Å². The fraction of sp³-hybridized carbons (Fsp3) is 1.00. The molecule has 4 aliphatic carbocycles. The molecule has 0 aliphatic heterocycles. The second-order valence-electron chi connectivity index (χ2n) is 6.10. The van der Waals surface area contributed by atoms with Gasteiger partial charge in [-0.05, 0) is 55.8 Å². The average molecular weight is 245 g/mol. The van der Waals surface area contributed by atoms with E-state index in [2.05, 4.69) is 24.4 Å². The first kappa shape index (κ1) is 12.7. The summed E-state index contributed by atoms with van der Waals surface area (Å²) in [5.41, 5.74) is 3.74. The lowest BCUT2D eigenvalue weighted by molar-refractivity contribution is -0.0379. The van der Waals surface area contributed by atoms with Gasteiger partial charge < -0.3 is 0 Å². The maximum Gasteiger partial charge on any atom is 0.0272 e. The van der Waals surface area contributed by atoms with Crippen molar-refractivity contribution < 1.29 is 0 Å². The van der Waals surface area contributed by atoms with E-state index in [0.717, 1.165) is 36.3 Å². The lowest BCUT2D eigenvalue weighted by atomic mass is 9.54. The first-order valence-electron chi connectivity index (χ1n) is 6.73. The van der Waals surface area contributed by atoms with Crippen LogP contribution in [-0.2, 0) is 0 Å². The highest BCUT2D eigenvalue weighted by molar-refractivity contribution is 5.85.